The van der Waals surface area contributed by atoms with Gasteiger partial charge in [0.15, 0.2) is 5.78 Å². The molecular weight excluding hydrogens is 384 g/mol. The van der Waals surface area contributed by atoms with Crippen molar-refractivity contribution < 1.29 is 9.53 Å². The van der Waals surface area contributed by atoms with Crippen molar-refractivity contribution >= 4 is 37.6 Å². The lowest BCUT2D eigenvalue weighted by Crippen LogP contribution is -2.02. The van der Waals surface area contributed by atoms with Crippen LogP contribution < -0.4 is 4.74 Å². The van der Waals surface area contributed by atoms with E-state index in [0.717, 1.165) is 32.2 Å². The summed E-state index contributed by atoms with van der Waals surface area (Å²) in [5.41, 5.74) is 1.86. The average molecular weight is 398 g/mol. The number of hydrogen-bond acceptors (Lipinski definition) is 2. The Balaban J connectivity index is 2.00. The smallest absolute Gasteiger partial charge is 0.164 e. The minimum absolute atomic E-state index is 0.139. The zero-order chi connectivity index (χ0) is 14.5. The lowest BCUT2D eigenvalue weighted by atomic mass is 10.0. The molecule has 0 amide bonds. The highest BCUT2D eigenvalue weighted by molar-refractivity contribution is 9.11. The van der Waals surface area contributed by atoms with Crippen LogP contribution in [-0.4, -0.2) is 12.9 Å². The standard InChI is InChI=1S/C16H14Br2O2/c1-20-13-6-2-11(3-7-13)4-9-16(19)14-8-5-12(17)10-15(14)18/h2-3,5-8,10H,4,9H2,1H3. The second kappa shape index (κ2) is 7.04. The number of halogens is 2. The summed E-state index contributed by atoms with van der Waals surface area (Å²) in [5, 5.41) is 0. The Morgan fingerprint density at radius 1 is 1.10 bits per heavy atom. The Morgan fingerprint density at radius 2 is 1.80 bits per heavy atom. The van der Waals surface area contributed by atoms with Crippen LogP contribution in [0, 0.1) is 0 Å². The summed E-state index contributed by atoms with van der Waals surface area (Å²) in [4.78, 5) is 12.2. The van der Waals surface area contributed by atoms with Crippen LogP contribution in [0.1, 0.15) is 22.3 Å². The van der Waals surface area contributed by atoms with Gasteiger partial charge < -0.3 is 4.74 Å². The largest absolute Gasteiger partial charge is 0.497 e. The quantitative estimate of drug-likeness (QED) is 0.661. The molecule has 0 saturated heterocycles. The van der Waals surface area contributed by atoms with E-state index in [1.807, 2.05) is 42.5 Å². The highest BCUT2D eigenvalue weighted by atomic mass is 79.9. The molecule has 2 rings (SSSR count). The van der Waals surface area contributed by atoms with E-state index in [9.17, 15) is 4.79 Å². The van der Waals surface area contributed by atoms with Crippen LogP contribution in [0.5, 0.6) is 5.75 Å². The number of carbonyl (C=O) groups excluding carboxylic acids is 1. The fraction of sp³-hybridized carbons (Fsp3) is 0.188. The van der Waals surface area contributed by atoms with Gasteiger partial charge in [-0.1, -0.05) is 44.0 Å². The second-order valence-electron chi connectivity index (χ2n) is 4.40. The van der Waals surface area contributed by atoms with Gasteiger partial charge in [-0.2, -0.15) is 0 Å². The van der Waals surface area contributed by atoms with Crippen molar-refractivity contribution in [1.29, 1.82) is 0 Å². The van der Waals surface area contributed by atoms with Gasteiger partial charge in [-0.25, -0.2) is 0 Å². The molecule has 2 nitrogen and oxygen atoms in total. The van der Waals surface area contributed by atoms with Crippen molar-refractivity contribution in [3.05, 3.63) is 62.5 Å². The third kappa shape index (κ3) is 3.93. The number of ketones is 1. The second-order valence-corrected chi connectivity index (χ2v) is 6.17. The van der Waals surface area contributed by atoms with Gasteiger partial charge in [0.2, 0.25) is 0 Å². The molecule has 0 aliphatic carbocycles. The van der Waals surface area contributed by atoms with Crippen molar-refractivity contribution in [1.82, 2.24) is 0 Å². The number of benzene rings is 2. The van der Waals surface area contributed by atoms with Crippen molar-refractivity contribution in [2.24, 2.45) is 0 Å². The predicted octanol–water partition coefficient (Wildman–Crippen LogP) is 5.04. The summed E-state index contributed by atoms with van der Waals surface area (Å²) in [6, 6.07) is 13.4. The van der Waals surface area contributed by atoms with Crippen LogP contribution in [-0.2, 0) is 6.42 Å². The first-order chi connectivity index (χ1) is 9.60. The highest BCUT2D eigenvalue weighted by Crippen LogP contribution is 2.23. The lowest BCUT2D eigenvalue weighted by Gasteiger charge is -2.05. The van der Waals surface area contributed by atoms with Crippen molar-refractivity contribution in [2.45, 2.75) is 12.8 Å². The molecule has 0 unspecified atom stereocenters. The van der Waals surface area contributed by atoms with Crippen molar-refractivity contribution in [2.75, 3.05) is 7.11 Å². The first-order valence-electron chi connectivity index (χ1n) is 6.21. The molecule has 0 aliphatic heterocycles. The van der Waals surface area contributed by atoms with Crippen molar-refractivity contribution in [3.8, 4) is 5.75 Å². The Kier molecular flexibility index (Phi) is 5.38. The maximum Gasteiger partial charge on any atom is 0.164 e. The number of carbonyl (C=O) groups is 1. The summed E-state index contributed by atoms with van der Waals surface area (Å²) in [6.07, 6.45) is 1.22. The Bertz CT molecular complexity index is 606. The molecule has 2 aromatic rings. The van der Waals surface area contributed by atoms with Crippen LogP contribution in [0.25, 0.3) is 0 Å². The number of ether oxygens (including phenoxy) is 1. The molecule has 0 bridgehead atoms. The zero-order valence-electron chi connectivity index (χ0n) is 11.0. The van der Waals surface area contributed by atoms with Crippen LogP contribution in [0.4, 0.5) is 0 Å². The lowest BCUT2D eigenvalue weighted by molar-refractivity contribution is 0.0982. The molecule has 0 atom stereocenters. The molecule has 2 aromatic carbocycles. The zero-order valence-corrected chi connectivity index (χ0v) is 14.2. The number of Topliss-reactive ketones (excluding diaryl/α,β-unsaturated/α-hetero) is 1. The van der Waals surface area contributed by atoms with Gasteiger partial charge in [0, 0.05) is 20.9 Å². The highest BCUT2D eigenvalue weighted by Gasteiger charge is 2.10. The maximum atomic E-state index is 12.2. The molecule has 0 N–H and O–H groups in total. The fourth-order valence-electron chi connectivity index (χ4n) is 1.90. The van der Waals surface area contributed by atoms with E-state index in [-0.39, 0.29) is 5.78 Å². The summed E-state index contributed by atoms with van der Waals surface area (Å²) in [6.45, 7) is 0. The van der Waals surface area contributed by atoms with Gasteiger partial charge in [-0.15, -0.1) is 0 Å². The van der Waals surface area contributed by atoms with Gasteiger partial charge in [0.05, 0.1) is 7.11 Å². The number of methoxy groups -OCH3 is 1. The summed E-state index contributed by atoms with van der Waals surface area (Å²) in [7, 11) is 1.64. The monoisotopic (exact) mass is 396 g/mol. The minimum Gasteiger partial charge on any atom is -0.497 e. The van der Waals surface area contributed by atoms with Gasteiger partial charge in [-0.3, -0.25) is 4.79 Å². The van der Waals surface area contributed by atoms with E-state index >= 15 is 0 Å². The number of aryl methyl sites for hydroxylation is 1. The molecule has 0 fully saturated rings. The summed E-state index contributed by atoms with van der Waals surface area (Å²) < 4.78 is 6.89. The first kappa shape index (κ1) is 15.3. The SMILES string of the molecule is COc1ccc(CCC(=O)c2ccc(Br)cc2Br)cc1. The molecule has 0 aromatic heterocycles. The Morgan fingerprint density at radius 3 is 2.40 bits per heavy atom. The number of hydrogen-bond donors (Lipinski definition) is 0. The molecule has 0 aliphatic rings. The Hall–Kier alpha value is -1.13. The van der Waals surface area contributed by atoms with Gasteiger partial charge in [-0.05, 0) is 42.3 Å². The van der Waals surface area contributed by atoms with E-state index in [4.69, 9.17) is 4.74 Å². The third-order valence-electron chi connectivity index (χ3n) is 3.03. The van der Waals surface area contributed by atoms with Crippen LogP contribution in [0.2, 0.25) is 0 Å². The fourth-order valence-corrected chi connectivity index (χ4v) is 3.17. The first-order valence-corrected chi connectivity index (χ1v) is 7.80. The van der Waals surface area contributed by atoms with Gasteiger partial charge >= 0.3 is 0 Å². The summed E-state index contributed by atoms with van der Waals surface area (Å²) >= 11 is 6.81. The van der Waals surface area contributed by atoms with Crippen LogP contribution in [0.3, 0.4) is 0 Å². The van der Waals surface area contributed by atoms with Crippen LogP contribution in [0.15, 0.2) is 51.4 Å². The average Bonchev–Trinajstić information content (AvgIpc) is 2.45. The molecule has 104 valence electrons. The topological polar surface area (TPSA) is 26.3 Å². The van der Waals surface area contributed by atoms with Gasteiger partial charge in [0.25, 0.3) is 0 Å². The molecule has 4 heteroatoms. The Labute approximate surface area is 135 Å². The summed E-state index contributed by atoms with van der Waals surface area (Å²) in [5.74, 6) is 0.968. The van der Waals surface area contributed by atoms with Gasteiger partial charge in [0.1, 0.15) is 5.75 Å². The number of rotatable bonds is 5. The van der Waals surface area contributed by atoms with E-state index in [0.29, 0.717) is 6.42 Å². The van der Waals surface area contributed by atoms with E-state index in [1.54, 1.807) is 7.11 Å². The van der Waals surface area contributed by atoms with Crippen LogP contribution >= 0.6 is 31.9 Å². The third-order valence-corrected chi connectivity index (χ3v) is 4.18. The predicted molar refractivity (Wildman–Crippen MR) is 87.5 cm³/mol. The molecular formula is C16H14Br2O2. The molecule has 0 heterocycles. The molecule has 0 spiro atoms. The maximum absolute atomic E-state index is 12.2. The van der Waals surface area contributed by atoms with E-state index < -0.39 is 0 Å². The van der Waals surface area contributed by atoms with E-state index in [1.165, 1.54) is 0 Å². The normalized spacial score (nSPS) is 10.3. The molecule has 0 saturated carbocycles. The molecule has 20 heavy (non-hydrogen) atoms. The van der Waals surface area contributed by atoms with Crippen molar-refractivity contribution in [3.63, 3.8) is 0 Å². The molecule has 0 radical (unpaired) electrons. The minimum atomic E-state index is 0.139. The van der Waals surface area contributed by atoms with E-state index in [2.05, 4.69) is 31.9 Å².